The highest BCUT2D eigenvalue weighted by Crippen LogP contribution is 2.08. The first-order valence-corrected chi connectivity index (χ1v) is 4.09. The summed E-state index contributed by atoms with van der Waals surface area (Å²) in [6.07, 6.45) is 0.779. The molecule has 0 aromatic heterocycles. The van der Waals surface area contributed by atoms with E-state index in [9.17, 15) is 9.59 Å². The van der Waals surface area contributed by atoms with Crippen molar-refractivity contribution in [3.8, 4) is 0 Å². The van der Waals surface area contributed by atoms with E-state index in [4.69, 9.17) is 5.11 Å². The number of carbonyl (C=O) groups excluding carboxylic acids is 1. The van der Waals surface area contributed by atoms with Crippen molar-refractivity contribution in [2.45, 2.75) is 33.1 Å². The standard InChI is InChI=1S/C8H15NO3/c1-3-6(2)4-5-7(10)9-8(11)12/h6H,3-5H2,1-2H3,(H,9,10)(H,11,12)/t6-/m1/s1. The SMILES string of the molecule is CC[C@@H](C)CCC(=O)NC(=O)O. The van der Waals surface area contributed by atoms with Gasteiger partial charge in [0.15, 0.2) is 0 Å². The van der Waals surface area contributed by atoms with Crippen molar-refractivity contribution < 1.29 is 14.7 Å². The predicted molar refractivity (Wildman–Crippen MR) is 44.9 cm³/mol. The minimum absolute atomic E-state index is 0.293. The van der Waals surface area contributed by atoms with Crippen LogP contribution in [0.3, 0.4) is 0 Å². The summed E-state index contributed by atoms with van der Waals surface area (Å²) < 4.78 is 0. The van der Waals surface area contributed by atoms with Crippen molar-refractivity contribution in [2.24, 2.45) is 5.92 Å². The molecule has 0 radical (unpaired) electrons. The van der Waals surface area contributed by atoms with Gasteiger partial charge in [-0.15, -0.1) is 0 Å². The lowest BCUT2D eigenvalue weighted by Crippen LogP contribution is -2.28. The molecular weight excluding hydrogens is 158 g/mol. The van der Waals surface area contributed by atoms with Gasteiger partial charge in [-0.25, -0.2) is 4.79 Å². The van der Waals surface area contributed by atoms with E-state index >= 15 is 0 Å². The summed E-state index contributed by atoms with van der Waals surface area (Å²) >= 11 is 0. The molecule has 0 rings (SSSR count). The van der Waals surface area contributed by atoms with Crippen LogP contribution in [0.5, 0.6) is 0 Å². The van der Waals surface area contributed by atoms with Crippen LogP contribution >= 0.6 is 0 Å². The lowest BCUT2D eigenvalue weighted by molar-refractivity contribution is -0.120. The summed E-state index contributed by atoms with van der Waals surface area (Å²) in [6.45, 7) is 4.08. The van der Waals surface area contributed by atoms with Crippen LogP contribution in [0.2, 0.25) is 0 Å². The van der Waals surface area contributed by atoms with Gasteiger partial charge in [-0.05, 0) is 12.3 Å². The van der Waals surface area contributed by atoms with E-state index in [-0.39, 0.29) is 0 Å². The molecule has 12 heavy (non-hydrogen) atoms. The van der Waals surface area contributed by atoms with Crippen molar-refractivity contribution in [3.63, 3.8) is 0 Å². The molecule has 1 atom stereocenters. The highest BCUT2D eigenvalue weighted by molar-refractivity contribution is 5.90. The zero-order valence-electron chi connectivity index (χ0n) is 7.46. The Labute approximate surface area is 72.0 Å². The number of hydrogen-bond donors (Lipinski definition) is 2. The highest BCUT2D eigenvalue weighted by atomic mass is 16.4. The van der Waals surface area contributed by atoms with Crippen LogP contribution in [-0.4, -0.2) is 17.1 Å². The molecule has 0 aromatic rings. The van der Waals surface area contributed by atoms with Gasteiger partial charge in [0.05, 0.1) is 0 Å². The first kappa shape index (κ1) is 10.9. The topological polar surface area (TPSA) is 66.4 Å². The van der Waals surface area contributed by atoms with Crippen LogP contribution in [-0.2, 0) is 4.79 Å². The zero-order chi connectivity index (χ0) is 9.56. The summed E-state index contributed by atoms with van der Waals surface area (Å²) in [4.78, 5) is 20.8. The Hall–Kier alpha value is -1.06. The Morgan fingerprint density at radius 2 is 2.08 bits per heavy atom. The van der Waals surface area contributed by atoms with Crippen LogP contribution in [0.1, 0.15) is 33.1 Å². The Morgan fingerprint density at radius 1 is 1.50 bits per heavy atom. The molecule has 0 saturated carbocycles. The Bertz CT molecular complexity index is 168. The molecule has 2 N–H and O–H groups in total. The second kappa shape index (κ2) is 5.57. The number of rotatable bonds is 4. The van der Waals surface area contributed by atoms with Crippen molar-refractivity contribution in [3.05, 3.63) is 0 Å². The molecule has 70 valence electrons. The van der Waals surface area contributed by atoms with Crippen molar-refractivity contribution in [1.82, 2.24) is 5.32 Å². The Kier molecular flexibility index (Phi) is 5.08. The minimum Gasteiger partial charge on any atom is -0.465 e. The van der Waals surface area contributed by atoms with Gasteiger partial charge in [0.1, 0.15) is 0 Å². The average Bonchev–Trinajstić information content (AvgIpc) is 1.99. The summed E-state index contributed by atoms with van der Waals surface area (Å²) in [5.41, 5.74) is 0. The van der Waals surface area contributed by atoms with Gasteiger partial charge < -0.3 is 5.11 Å². The first-order chi connectivity index (χ1) is 5.56. The average molecular weight is 173 g/mol. The van der Waals surface area contributed by atoms with Gasteiger partial charge in [0, 0.05) is 6.42 Å². The molecule has 0 fully saturated rings. The fourth-order valence-electron chi connectivity index (χ4n) is 0.763. The molecule has 0 spiro atoms. The predicted octanol–water partition coefficient (Wildman–Crippen LogP) is 1.61. The van der Waals surface area contributed by atoms with Crippen molar-refractivity contribution in [2.75, 3.05) is 0 Å². The molecular formula is C8H15NO3. The molecule has 0 aromatic carbocycles. The van der Waals surface area contributed by atoms with Crippen LogP contribution in [0, 0.1) is 5.92 Å². The molecule has 0 aliphatic carbocycles. The molecule has 0 aliphatic heterocycles. The van der Waals surface area contributed by atoms with Gasteiger partial charge in [-0.2, -0.15) is 0 Å². The highest BCUT2D eigenvalue weighted by Gasteiger charge is 2.07. The van der Waals surface area contributed by atoms with Gasteiger partial charge in [-0.1, -0.05) is 20.3 Å². The number of imide groups is 1. The Balaban J connectivity index is 3.50. The van der Waals surface area contributed by atoms with Gasteiger partial charge >= 0.3 is 6.09 Å². The molecule has 0 bridgehead atoms. The lowest BCUT2D eigenvalue weighted by Gasteiger charge is -2.06. The smallest absolute Gasteiger partial charge is 0.411 e. The van der Waals surface area contributed by atoms with E-state index in [1.54, 1.807) is 5.32 Å². The van der Waals surface area contributed by atoms with Gasteiger partial charge in [-0.3, -0.25) is 10.1 Å². The Morgan fingerprint density at radius 3 is 2.50 bits per heavy atom. The molecule has 4 nitrogen and oxygen atoms in total. The van der Waals surface area contributed by atoms with E-state index in [2.05, 4.69) is 0 Å². The van der Waals surface area contributed by atoms with Crippen LogP contribution in [0.15, 0.2) is 0 Å². The first-order valence-electron chi connectivity index (χ1n) is 4.09. The third kappa shape index (κ3) is 5.70. The molecule has 4 heteroatoms. The molecule has 0 saturated heterocycles. The van der Waals surface area contributed by atoms with Crippen LogP contribution in [0.25, 0.3) is 0 Å². The summed E-state index contributed by atoms with van der Waals surface area (Å²) in [5.74, 6) is 0.0624. The van der Waals surface area contributed by atoms with Crippen molar-refractivity contribution >= 4 is 12.0 Å². The van der Waals surface area contributed by atoms with E-state index in [0.717, 1.165) is 12.8 Å². The second-order valence-electron chi connectivity index (χ2n) is 2.91. The minimum atomic E-state index is -1.27. The quantitative estimate of drug-likeness (QED) is 0.678. The van der Waals surface area contributed by atoms with E-state index < -0.39 is 12.0 Å². The molecule has 0 heterocycles. The summed E-state index contributed by atoms with van der Waals surface area (Å²) in [7, 11) is 0. The normalized spacial score (nSPS) is 12.2. The maximum atomic E-state index is 10.8. The van der Waals surface area contributed by atoms with E-state index in [1.807, 2.05) is 13.8 Å². The summed E-state index contributed by atoms with van der Waals surface area (Å²) in [5, 5.41) is 9.97. The molecule has 0 unspecified atom stereocenters. The molecule has 0 aliphatic rings. The number of carboxylic acid groups (broad SMARTS) is 1. The zero-order valence-corrected chi connectivity index (χ0v) is 7.46. The fourth-order valence-corrected chi connectivity index (χ4v) is 0.763. The van der Waals surface area contributed by atoms with E-state index in [1.165, 1.54) is 0 Å². The maximum Gasteiger partial charge on any atom is 0.411 e. The maximum absolute atomic E-state index is 10.8. The summed E-state index contributed by atoms with van der Waals surface area (Å²) in [6, 6.07) is 0. The monoisotopic (exact) mass is 173 g/mol. The molecule has 2 amide bonds. The van der Waals surface area contributed by atoms with Crippen LogP contribution < -0.4 is 5.32 Å². The lowest BCUT2D eigenvalue weighted by atomic mass is 10.0. The number of carbonyl (C=O) groups is 2. The fraction of sp³-hybridized carbons (Fsp3) is 0.750. The number of nitrogens with one attached hydrogen (secondary N) is 1. The van der Waals surface area contributed by atoms with Gasteiger partial charge in [0.2, 0.25) is 5.91 Å². The number of hydrogen-bond acceptors (Lipinski definition) is 2. The van der Waals surface area contributed by atoms with Crippen LogP contribution in [0.4, 0.5) is 4.79 Å². The third-order valence-corrected chi connectivity index (χ3v) is 1.81. The van der Waals surface area contributed by atoms with E-state index in [0.29, 0.717) is 12.3 Å². The van der Waals surface area contributed by atoms with Crippen molar-refractivity contribution in [1.29, 1.82) is 0 Å². The van der Waals surface area contributed by atoms with Gasteiger partial charge in [0.25, 0.3) is 0 Å². The second-order valence-corrected chi connectivity index (χ2v) is 2.91. The number of amides is 2. The largest absolute Gasteiger partial charge is 0.465 e. The third-order valence-electron chi connectivity index (χ3n) is 1.81.